The zero-order valence-corrected chi connectivity index (χ0v) is 23.3. The number of hydrazine groups is 1. The van der Waals surface area contributed by atoms with Crippen molar-refractivity contribution in [3.05, 3.63) is 99.9 Å². The molecule has 2 saturated carbocycles. The third-order valence-corrected chi connectivity index (χ3v) is 9.42. The van der Waals surface area contributed by atoms with Gasteiger partial charge in [0.15, 0.2) is 5.78 Å². The van der Waals surface area contributed by atoms with E-state index in [2.05, 4.69) is 0 Å². The van der Waals surface area contributed by atoms with Crippen LogP contribution in [0.2, 0.25) is 10.0 Å². The smallest absolute Gasteiger partial charge is 0.379 e. The molecule has 2 bridgehead atoms. The number of imide groups is 1. The Hall–Kier alpha value is -4.21. The number of amides is 3. The first-order valence-electron chi connectivity index (χ1n) is 13.4. The maximum atomic E-state index is 13.8. The number of hydrogen-bond acceptors (Lipinski definition) is 7. The second kappa shape index (κ2) is 9.96. The lowest BCUT2D eigenvalue weighted by Gasteiger charge is -2.37. The number of hydrogen-bond donors (Lipinski definition) is 0. The van der Waals surface area contributed by atoms with Gasteiger partial charge in [-0.2, -0.15) is 5.01 Å². The van der Waals surface area contributed by atoms with Crippen molar-refractivity contribution >= 4 is 52.7 Å². The first-order chi connectivity index (χ1) is 20.2. The first-order valence-corrected chi connectivity index (χ1v) is 14.2. The zero-order chi connectivity index (χ0) is 29.3. The average molecular weight is 605 g/mol. The number of allylic oxidation sites excluding steroid dienone is 2. The Morgan fingerprint density at radius 1 is 0.881 bits per heavy atom. The van der Waals surface area contributed by atoms with E-state index in [1.807, 2.05) is 12.2 Å². The van der Waals surface area contributed by atoms with Crippen LogP contribution < -0.4 is 4.74 Å². The summed E-state index contributed by atoms with van der Waals surface area (Å²) in [5.41, 5.74) is 0.246. The van der Waals surface area contributed by atoms with Gasteiger partial charge in [-0.1, -0.05) is 35.4 Å². The number of nitrogens with zero attached hydrogens (tertiary/aromatic N) is 2. The van der Waals surface area contributed by atoms with E-state index in [9.17, 15) is 24.0 Å². The van der Waals surface area contributed by atoms with Crippen molar-refractivity contribution in [3.63, 3.8) is 0 Å². The Balaban J connectivity index is 1.17. The van der Waals surface area contributed by atoms with E-state index >= 15 is 0 Å². The van der Waals surface area contributed by atoms with Crippen molar-refractivity contribution in [1.82, 2.24) is 10.0 Å². The van der Waals surface area contributed by atoms with Gasteiger partial charge in [0, 0.05) is 11.1 Å². The number of esters is 1. The number of ketones is 1. The fourth-order valence-corrected chi connectivity index (χ4v) is 6.98. The molecular formula is C31H22Cl2N2O7. The highest BCUT2D eigenvalue weighted by molar-refractivity contribution is 6.42. The quantitative estimate of drug-likeness (QED) is 0.121. The number of ether oxygens (including phenoxy) is 1. The Morgan fingerprint density at radius 3 is 2.12 bits per heavy atom. The molecule has 0 spiro atoms. The summed E-state index contributed by atoms with van der Waals surface area (Å²) in [6.45, 7) is -0.586. The molecule has 4 aliphatic carbocycles. The lowest BCUT2D eigenvalue weighted by molar-refractivity contribution is -0.154. The van der Waals surface area contributed by atoms with Crippen LogP contribution in [0.4, 0.5) is 0 Å². The summed E-state index contributed by atoms with van der Waals surface area (Å²) in [6.07, 6.45) is 6.40. The van der Waals surface area contributed by atoms with Gasteiger partial charge in [0.05, 0.1) is 28.1 Å². The Morgan fingerprint density at radius 2 is 1.52 bits per heavy atom. The minimum atomic E-state index is -0.739. The van der Waals surface area contributed by atoms with Crippen LogP contribution in [0.25, 0.3) is 0 Å². The summed E-state index contributed by atoms with van der Waals surface area (Å²) in [4.78, 5) is 67.2. The second-order valence-corrected chi connectivity index (χ2v) is 11.8. The number of carbonyl (C=O) groups excluding carboxylic acids is 5. The van der Waals surface area contributed by atoms with Crippen LogP contribution >= 0.6 is 23.2 Å². The molecule has 1 saturated heterocycles. The van der Waals surface area contributed by atoms with Crippen molar-refractivity contribution < 1.29 is 33.1 Å². The molecule has 11 heteroatoms. The van der Waals surface area contributed by atoms with Gasteiger partial charge in [-0.05, 0) is 84.7 Å². The van der Waals surface area contributed by atoms with Gasteiger partial charge in [-0.25, -0.2) is 9.80 Å². The topological polar surface area (TPSA) is 114 Å². The van der Waals surface area contributed by atoms with Gasteiger partial charge >= 0.3 is 5.97 Å². The minimum Gasteiger partial charge on any atom is -0.457 e. The van der Waals surface area contributed by atoms with E-state index in [4.69, 9.17) is 32.4 Å². The standard InChI is InChI=1S/C31H22Cl2N2O7/c32-22-10-5-16(12-23(22)33)28(37)34(35-29(38)26-18-8-9-19(21-13-20(18)21)27(26)30(35)39)14-24(36)15-3-6-17(7-4-15)42-31(40)25-2-1-11-41-25/h1-12,18-21,26-27H,13-14H2/t18-,19-,20-,21-,26+,27+/m0/s1. The largest absolute Gasteiger partial charge is 0.457 e. The molecule has 212 valence electrons. The zero-order valence-electron chi connectivity index (χ0n) is 21.8. The monoisotopic (exact) mass is 604 g/mol. The van der Waals surface area contributed by atoms with Crippen LogP contribution in [0.1, 0.15) is 37.7 Å². The van der Waals surface area contributed by atoms with Gasteiger partial charge in [0.1, 0.15) is 12.3 Å². The summed E-state index contributed by atoms with van der Waals surface area (Å²) in [7, 11) is 0. The molecule has 5 aliphatic rings. The van der Waals surface area contributed by atoms with Crippen LogP contribution in [-0.4, -0.2) is 46.0 Å². The van der Waals surface area contributed by atoms with E-state index in [1.54, 1.807) is 6.07 Å². The first kappa shape index (κ1) is 26.7. The second-order valence-electron chi connectivity index (χ2n) is 10.9. The summed E-state index contributed by atoms with van der Waals surface area (Å²) in [6, 6.07) is 12.9. The van der Waals surface area contributed by atoms with Crippen LogP contribution in [0.15, 0.2) is 77.4 Å². The highest BCUT2D eigenvalue weighted by Gasteiger charge is 2.68. The van der Waals surface area contributed by atoms with Gasteiger partial charge in [0.2, 0.25) is 5.76 Å². The number of halogens is 2. The minimum absolute atomic E-state index is 0.0214. The highest BCUT2D eigenvalue weighted by Crippen LogP contribution is 2.65. The summed E-state index contributed by atoms with van der Waals surface area (Å²) in [5.74, 6) is -3.21. The van der Waals surface area contributed by atoms with Gasteiger partial charge in [0.25, 0.3) is 17.7 Å². The van der Waals surface area contributed by atoms with Crippen LogP contribution in [0.3, 0.4) is 0 Å². The van der Waals surface area contributed by atoms with Crippen LogP contribution in [-0.2, 0) is 9.59 Å². The summed E-state index contributed by atoms with van der Waals surface area (Å²) in [5, 5.41) is 2.13. The maximum Gasteiger partial charge on any atom is 0.379 e. The van der Waals surface area contributed by atoms with E-state index in [1.165, 1.54) is 54.8 Å². The van der Waals surface area contributed by atoms with Crippen molar-refractivity contribution in [1.29, 1.82) is 0 Å². The average Bonchev–Trinajstić information content (AvgIpc) is 3.56. The molecule has 42 heavy (non-hydrogen) atoms. The maximum absolute atomic E-state index is 13.8. The third-order valence-electron chi connectivity index (χ3n) is 8.68. The van der Waals surface area contributed by atoms with Crippen molar-refractivity contribution in [2.24, 2.45) is 35.5 Å². The van der Waals surface area contributed by atoms with Crippen molar-refractivity contribution in [2.75, 3.05) is 6.54 Å². The van der Waals surface area contributed by atoms with Gasteiger partial charge in [-0.3, -0.25) is 19.2 Å². The highest BCUT2D eigenvalue weighted by atomic mass is 35.5. The fraction of sp³-hybridized carbons (Fsp3) is 0.258. The SMILES string of the molecule is O=C(CN(C(=O)c1ccc(Cl)c(Cl)c1)N1C(=O)[C@@H]2[C@H]3C=C[C@@H]([C@@H]4C[C@@H]34)[C@H]2C1=O)c1ccc(OC(=O)c2ccco2)cc1. The number of rotatable bonds is 7. The Labute approximate surface area is 249 Å². The molecule has 1 aliphatic heterocycles. The molecule has 3 amide bonds. The molecule has 0 radical (unpaired) electrons. The predicted octanol–water partition coefficient (Wildman–Crippen LogP) is 5.10. The van der Waals surface area contributed by atoms with E-state index in [0.717, 1.165) is 16.4 Å². The molecular weight excluding hydrogens is 583 g/mol. The number of benzene rings is 2. The van der Waals surface area contributed by atoms with E-state index in [0.29, 0.717) is 11.8 Å². The van der Waals surface area contributed by atoms with Gasteiger partial charge < -0.3 is 9.15 Å². The molecule has 9 nitrogen and oxygen atoms in total. The molecule has 1 aromatic heterocycles. The number of carbonyl (C=O) groups is 5. The molecule has 0 N–H and O–H groups in total. The van der Waals surface area contributed by atoms with Crippen molar-refractivity contribution in [3.8, 4) is 5.75 Å². The number of Topliss-reactive ketones (excluding diaryl/α,β-unsaturated/α-hetero) is 1. The molecule has 0 unspecified atom stereocenters. The summed E-state index contributed by atoms with van der Waals surface area (Å²) < 4.78 is 10.3. The molecule has 3 aromatic rings. The Bertz CT molecular complexity index is 1650. The van der Waals surface area contributed by atoms with Crippen molar-refractivity contribution in [2.45, 2.75) is 6.42 Å². The van der Waals surface area contributed by atoms with Crippen LogP contribution in [0, 0.1) is 35.5 Å². The Kier molecular flexibility index (Phi) is 6.32. The van der Waals surface area contributed by atoms with Gasteiger partial charge in [-0.15, -0.1) is 0 Å². The molecule has 2 aromatic carbocycles. The fourth-order valence-electron chi connectivity index (χ4n) is 6.68. The molecule has 8 rings (SSSR count). The van der Waals surface area contributed by atoms with Crippen LogP contribution in [0.5, 0.6) is 5.75 Å². The lowest BCUT2D eigenvalue weighted by atomic mass is 9.63. The molecule has 2 heterocycles. The normalized spacial score (nSPS) is 26.6. The lowest BCUT2D eigenvalue weighted by Crippen LogP contribution is -2.52. The molecule has 3 fully saturated rings. The molecule has 6 atom stereocenters. The number of furan rings is 1. The predicted molar refractivity (Wildman–Crippen MR) is 148 cm³/mol. The van der Waals surface area contributed by atoms with E-state index in [-0.39, 0.29) is 44.5 Å². The third kappa shape index (κ3) is 4.26. The summed E-state index contributed by atoms with van der Waals surface area (Å²) >= 11 is 12.2. The van der Waals surface area contributed by atoms with E-state index < -0.39 is 47.9 Å².